The molecule has 0 aromatic carbocycles. The highest BCUT2D eigenvalue weighted by Crippen LogP contribution is 2.43. The smallest absolute Gasteiger partial charge is 0.239 e. The van der Waals surface area contributed by atoms with Gasteiger partial charge in [0.15, 0.2) is 0 Å². The third-order valence-corrected chi connectivity index (χ3v) is 7.25. The van der Waals surface area contributed by atoms with E-state index in [1.54, 1.807) is 0 Å². The Kier molecular flexibility index (Phi) is 4.67. The second kappa shape index (κ2) is 6.77. The summed E-state index contributed by atoms with van der Waals surface area (Å²) < 4.78 is 6.23. The van der Waals surface area contributed by atoms with Crippen LogP contribution in [0.3, 0.4) is 0 Å². The fraction of sp³-hybridized carbons (Fsp3) is 0.737. The van der Waals surface area contributed by atoms with Crippen LogP contribution in [0.15, 0.2) is 11.4 Å². The number of likely N-dealkylation sites (tertiary alicyclic amines) is 1. The molecular formula is C19H28N2O2S. The highest BCUT2D eigenvalue weighted by molar-refractivity contribution is 7.10. The van der Waals surface area contributed by atoms with Crippen molar-refractivity contribution in [2.75, 3.05) is 19.7 Å². The van der Waals surface area contributed by atoms with Gasteiger partial charge in [0.25, 0.3) is 0 Å². The molecule has 1 aliphatic carbocycles. The van der Waals surface area contributed by atoms with Crippen molar-refractivity contribution in [1.29, 1.82) is 0 Å². The zero-order chi connectivity index (χ0) is 16.6. The van der Waals surface area contributed by atoms with Crippen LogP contribution in [-0.2, 0) is 21.6 Å². The lowest BCUT2D eigenvalue weighted by Crippen LogP contribution is -2.53. The molecule has 1 aromatic rings. The molecule has 2 fully saturated rings. The number of hydrogen-bond acceptors (Lipinski definition) is 4. The number of thiophene rings is 1. The van der Waals surface area contributed by atoms with Crippen molar-refractivity contribution < 1.29 is 9.53 Å². The number of amides is 1. The van der Waals surface area contributed by atoms with Gasteiger partial charge in [-0.15, -0.1) is 11.3 Å². The predicted octanol–water partition coefficient (Wildman–Crippen LogP) is 3.05. The van der Waals surface area contributed by atoms with Crippen LogP contribution in [0, 0.1) is 5.92 Å². The highest BCUT2D eigenvalue weighted by Gasteiger charge is 2.43. The molecule has 5 heteroatoms. The molecule has 3 heterocycles. The molecule has 0 radical (unpaired) electrons. The van der Waals surface area contributed by atoms with Gasteiger partial charge in [0.1, 0.15) is 0 Å². The van der Waals surface area contributed by atoms with Gasteiger partial charge in [0.05, 0.1) is 18.2 Å². The first-order chi connectivity index (χ1) is 11.7. The fourth-order valence-corrected chi connectivity index (χ4v) is 5.72. The molecule has 2 aliphatic heterocycles. The third-order valence-electron chi connectivity index (χ3n) is 6.27. The van der Waals surface area contributed by atoms with Crippen LogP contribution in [0.4, 0.5) is 0 Å². The summed E-state index contributed by atoms with van der Waals surface area (Å²) in [7, 11) is 0. The van der Waals surface area contributed by atoms with Gasteiger partial charge in [-0.2, -0.15) is 0 Å². The fourth-order valence-electron chi connectivity index (χ4n) is 4.76. The van der Waals surface area contributed by atoms with Crippen molar-refractivity contribution in [3.05, 3.63) is 21.9 Å². The van der Waals surface area contributed by atoms with Gasteiger partial charge < -0.3 is 15.4 Å². The molecule has 3 aliphatic rings. The molecule has 1 saturated heterocycles. The average Bonchev–Trinajstić information content (AvgIpc) is 3.12. The third kappa shape index (κ3) is 2.91. The van der Waals surface area contributed by atoms with Gasteiger partial charge in [-0.1, -0.05) is 19.3 Å². The SMILES string of the molecule is N[C@H](C(=O)N1CCC2(CC1)OCCc1sccc12)C1CCCCC1. The molecule has 4 rings (SSSR count). The maximum Gasteiger partial charge on any atom is 0.239 e. The number of nitrogens with zero attached hydrogens (tertiary/aromatic N) is 1. The van der Waals surface area contributed by atoms with E-state index in [9.17, 15) is 4.79 Å². The highest BCUT2D eigenvalue weighted by atomic mass is 32.1. The molecule has 1 saturated carbocycles. The van der Waals surface area contributed by atoms with Gasteiger partial charge in [0, 0.05) is 24.4 Å². The minimum absolute atomic E-state index is 0.153. The van der Waals surface area contributed by atoms with E-state index in [4.69, 9.17) is 10.5 Å². The van der Waals surface area contributed by atoms with Gasteiger partial charge >= 0.3 is 0 Å². The summed E-state index contributed by atoms with van der Waals surface area (Å²) in [6.07, 6.45) is 8.82. The first-order valence-corrected chi connectivity index (χ1v) is 10.3. The summed E-state index contributed by atoms with van der Waals surface area (Å²) in [6, 6.07) is 1.92. The van der Waals surface area contributed by atoms with E-state index in [1.165, 1.54) is 29.7 Å². The second-order valence-corrected chi connectivity index (χ2v) is 8.60. The molecule has 132 valence electrons. The average molecular weight is 349 g/mol. The van der Waals surface area contributed by atoms with Crippen molar-refractivity contribution >= 4 is 17.2 Å². The largest absolute Gasteiger partial charge is 0.370 e. The van der Waals surface area contributed by atoms with E-state index in [0.717, 1.165) is 51.8 Å². The van der Waals surface area contributed by atoms with E-state index in [2.05, 4.69) is 11.4 Å². The maximum atomic E-state index is 12.8. The summed E-state index contributed by atoms with van der Waals surface area (Å²) >= 11 is 1.84. The Morgan fingerprint density at radius 3 is 2.79 bits per heavy atom. The van der Waals surface area contributed by atoms with E-state index in [0.29, 0.717) is 5.92 Å². The molecule has 0 bridgehead atoms. The van der Waals surface area contributed by atoms with Crippen LogP contribution in [-0.4, -0.2) is 36.5 Å². The number of carbonyl (C=O) groups is 1. The lowest BCUT2D eigenvalue weighted by atomic mass is 9.81. The zero-order valence-electron chi connectivity index (χ0n) is 14.3. The quantitative estimate of drug-likeness (QED) is 0.894. The van der Waals surface area contributed by atoms with Crippen molar-refractivity contribution in [3.8, 4) is 0 Å². The normalized spacial score (nSPS) is 25.5. The summed E-state index contributed by atoms with van der Waals surface area (Å²) in [5.74, 6) is 0.551. The summed E-state index contributed by atoms with van der Waals surface area (Å²) in [5, 5.41) is 2.18. The van der Waals surface area contributed by atoms with Crippen LogP contribution in [0.1, 0.15) is 55.4 Å². The Bertz CT molecular complexity index is 586. The van der Waals surface area contributed by atoms with Crippen molar-refractivity contribution in [1.82, 2.24) is 4.90 Å². The molecule has 2 N–H and O–H groups in total. The van der Waals surface area contributed by atoms with E-state index >= 15 is 0 Å². The minimum atomic E-state index is -0.302. The molecule has 24 heavy (non-hydrogen) atoms. The number of hydrogen-bond donors (Lipinski definition) is 1. The van der Waals surface area contributed by atoms with Crippen LogP contribution < -0.4 is 5.73 Å². The van der Waals surface area contributed by atoms with E-state index in [-0.39, 0.29) is 17.6 Å². The summed E-state index contributed by atoms with van der Waals surface area (Å²) in [4.78, 5) is 16.3. The van der Waals surface area contributed by atoms with Crippen molar-refractivity contribution in [2.45, 2.75) is 63.0 Å². The van der Waals surface area contributed by atoms with E-state index < -0.39 is 0 Å². The zero-order valence-corrected chi connectivity index (χ0v) is 15.2. The van der Waals surface area contributed by atoms with Crippen molar-refractivity contribution in [2.24, 2.45) is 11.7 Å². The molecule has 1 atom stereocenters. The topological polar surface area (TPSA) is 55.6 Å². The van der Waals surface area contributed by atoms with Crippen LogP contribution in [0.2, 0.25) is 0 Å². The summed E-state index contributed by atoms with van der Waals surface area (Å²) in [5.41, 5.74) is 7.56. The number of rotatable bonds is 2. The van der Waals surface area contributed by atoms with Gasteiger partial charge in [-0.3, -0.25) is 4.79 Å². The van der Waals surface area contributed by atoms with Crippen molar-refractivity contribution in [3.63, 3.8) is 0 Å². The maximum absolute atomic E-state index is 12.8. The lowest BCUT2D eigenvalue weighted by Gasteiger charge is -2.45. The van der Waals surface area contributed by atoms with E-state index in [1.807, 2.05) is 16.2 Å². The Labute approximate surface area is 148 Å². The monoisotopic (exact) mass is 348 g/mol. The predicted molar refractivity (Wildman–Crippen MR) is 96.0 cm³/mol. The molecular weight excluding hydrogens is 320 g/mol. The molecule has 1 spiro atoms. The first-order valence-electron chi connectivity index (χ1n) is 9.45. The number of ether oxygens (including phenoxy) is 1. The standard InChI is InChI=1S/C19H28N2O2S/c20-17(14-4-2-1-3-5-14)18(22)21-10-8-19(9-11-21)15-7-13-24-16(15)6-12-23-19/h7,13-14,17H,1-6,8-12,20H2/t17-/m0/s1. The number of piperidine rings is 1. The molecule has 4 nitrogen and oxygen atoms in total. The Hall–Kier alpha value is -0.910. The molecule has 1 aromatic heterocycles. The Morgan fingerprint density at radius 2 is 2.04 bits per heavy atom. The second-order valence-electron chi connectivity index (χ2n) is 7.60. The number of nitrogens with two attached hydrogens (primary N) is 1. The molecule has 1 amide bonds. The van der Waals surface area contributed by atoms with Gasteiger partial charge in [-0.05, 0) is 48.6 Å². The minimum Gasteiger partial charge on any atom is -0.370 e. The number of fused-ring (bicyclic) bond motifs is 2. The molecule has 0 unspecified atom stereocenters. The van der Waals surface area contributed by atoms with Crippen LogP contribution >= 0.6 is 11.3 Å². The summed E-state index contributed by atoms with van der Waals surface area (Å²) in [6.45, 7) is 2.35. The van der Waals surface area contributed by atoms with Gasteiger partial charge in [-0.25, -0.2) is 0 Å². The first kappa shape index (κ1) is 16.6. The Balaban J connectivity index is 1.40. The van der Waals surface area contributed by atoms with Gasteiger partial charge in [0.2, 0.25) is 5.91 Å². The van der Waals surface area contributed by atoms with Crippen LogP contribution in [0.25, 0.3) is 0 Å². The number of carbonyl (C=O) groups excluding carboxylic acids is 1. The van der Waals surface area contributed by atoms with Crippen LogP contribution in [0.5, 0.6) is 0 Å². The lowest BCUT2D eigenvalue weighted by molar-refractivity contribution is -0.143. The Morgan fingerprint density at radius 1 is 1.29 bits per heavy atom.